The fraction of sp³-hybridized carbons (Fsp3) is 0.176. The fourth-order valence-electron chi connectivity index (χ4n) is 2.29. The van der Waals surface area contributed by atoms with Crippen molar-refractivity contribution in [3.8, 4) is 17.1 Å². The molecular formula is C17H16Cl2N4OS. The molecule has 0 spiro atoms. The van der Waals surface area contributed by atoms with Crippen molar-refractivity contribution in [3.63, 3.8) is 0 Å². The molecule has 1 heterocycles. The molecule has 8 heteroatoms. The number of thioether (sulfide) groups is 1. The van der Waals surface area contributed by atoms with Gasteiger partial charge in [0.2, 0.25) is 5.16 Å². The average Bonchev–Trinajstić information content (AvgIpc) is 2.95. The molecule has 0 aliphatic heterocycles. The zero-order valence-corrected chi connectivity index (χ0v) is 15.8. The van der Waals surface area contributed by atoms with Crippen LogP contribution < -0.4 is 10.6 Å². The SMILES string of the molecule is CCOc1ccccc1CSc1nnc(-c2ccc(Cl)cc2Cl)n1N. The predicted molar refractivity (Wildman–Crippen MR) is 103 cm³/mol. The van der Waals surface area contributed by atoms with Crippen LogP contribution >= 0.6 is 35.0 Å². The first-order chi connectivity index (χ1) is 12.1. The summed E-state index contributed by atoms with van der Waals surface area (Å²) >= 11 is 13.6. The zero-order valence-electron chi connectivity index (χ0n) is 13.4. The highest BCUT2D eigenvalue weighted by molar-refractivity contribution is 7.98. The van der Waals surface area contributed by atoms with E-state index in [1.165, 1.54) is 16.4 Å². The molecule has 3 aromatic rings. The van der Waals surface area contributed by atoms with Gasteiger partial charge in [0.15, 0.2) is 5.82 Å². The van der Waals surface area contributed by atoms with Crippen LogP contribution in [0.2, 0.25) is 10.0 Å². The van der Waals surface area contributed by atoms with E-state index in [-0.39, 0.29) is 0 Å². The summed E-state index contributed by atoms with van der Waals surface area (Å²) in [5.41, 5.74) is 1.76. The van der Waals surface area contributed by atoms with Gasteiger partial charge < -0.3 is 10.6 Å². The lowest BCUT2D eigenvalue weighted by molar-refractivity contribution is 0.337. The van der Waals surface area contributed by atoms with Crippen molar-refractivity contribution < 1.29 is 4.74 Å². The van der Waals surface area contributed by atoms with Crippen molar-refractivity contribution in [1.82, 2.24) is 14.9 Å². The third-order valence-corrected chi connectivity index (χ3v) is 5.01. The quantitative estimate of drug-likeness (QED) is 0.486. The van der Waals surface area contributed by atoms with Gasteiger partial charge in [-0.1, -0.05) is 53.2 Å². The molecule has 2 N–H and O–H groups in total. The van der Waals surface area contributed by atoms with Gasteiger partial charge in [-0.05, 0) is 31.2 Å². The van der Waals surface area contributed by atoms with Crippen molar-refractivity contribution in [2.45, 2.75) is 17.8 Å². The fourth-order valence-corrected chi connectivity index (χ4v) is 3.63. The highest BCUT2D eigenvalue weighted by Crippen LogP contribution is 2.32. The topological polar surface area (TPSA) is 66.0 Å². The van der Waals surface area contributed by atoms with E-state index in [0.29, 0.717) is 38.9 Å². The molecule has 0 atom stereocenters. The highest BCUT2D eigenvalue weighted by atomic mass is 35.5. The number of ether oxygens (including phenoxy) is 1. The van der Waals surface area contributed by atoms with Gasteiger partial charge in [0, 0.05) is 21.9 Å². The number of benzene rings is 2. The Morgan fingerprint density at radius 1 is 1.16 bits per heavy atom. The zero-order chi connectivity index (χ0) is 17.8. The number of halogens is 2. The number of hydrogen-bond acceptors (Lipinski definition) is 5. The van der Waals surface area contributed by atoms with Crippen LogP contribution in [0.15, 0.2) is 47.6 Å². The summed E-state index contributed by atoms with van der Waals surface area (Å²) in [6, 6.07) is 13.1. The summed E-state index contributed by atoms with van der Waals surface area (Å²) < 4.78 is 7.07. The second kappa shape index (κ2) is 7.99. The summed E-state index contributed by atoms with van der Waals surface area (Å²) in [4.78, 5) is 0. The molecule has 3 rings (SSSR count). The first kappa shape index (κ1) is 17.9. The van der Waals surface area contributed by atoms with Gasteiger partial charge in [0.05, 0.1) is 11.6 Å². The molecular weight excluding hydrogens is 379 g/mol. The smallest absolute Gasteiger partial charge is 0.210 e. The molecule has 0 fully saturated rings. The van der Waals surface area contributed by atoms with Gasteiger partial charge in [-0.2, -0.15) is 0 Å². The summed E-state index contributed by atoms with van der Waals surface area (Å²) in [6.45, 7) is 2.58. The molecule has 0 bridgehead atoms. The highest BCUT2D eigenvalue weighted by Gasteiger charge is 2.15. The van der Waals surface area contributed by atoms with Crippen LogP contribution in [0, 0.1) is 0 Å². The van der Waals surface area contributed by atoms with Gasteiger partial charge in [-0.15, -0.1) is 10.2 Å². The van der Waals surface area contributed by atoms with E-state index in [0.717, 1.165) is 11.3 Å². The Morgan fingerprint density at radius 2 is 1.96 bits per heavy atom. The predicted octanol–water partition coefficient (Wildman–Crippen LogP) is 4.66. The van der Waals surface area contributed by atoms with Crippen molar-refractivity contribution in [2.75, 3.05) is 12.4 Å². The van der Waals surface area contributed by atoms with E-state index < -0.39 is 0 Å². The third kappa shape index (κ3) is 4.03. The molecule has 0 unspecified atom stereocenters. The van der Waals surface area contributed by atoms with Gasteiger partial charge in [0.25, 0.3) is 0 Å². The minimum atomic E-state index is 0.477. The summed E-state index contributed by atoms with van der Waals surface area (Å²) in [5, 5.41) is 9.94. The first-order valence-corrected chi connectivity index (χ1v) is 9.33. The van der Waals surface area contributed by atoms with Crippen LogP contribution in [-0.4, -0.2) is 21.5 Å². The van der Waals surface area contributed by atoms with E-state index in [1.807, 2.05) is 31.2 Å². The third-order valence-electron chi connectivity index (χ3n) is 3.47. The maximum absolute atomic E-state index is 6.23. The summed E-state index contributed by atoms with van der Waals surface area (Å²) in [6.07, 6.45) is 0. The number of rotatable bonds is 6. The van der Waals surface area contributed by atoms with E-state index in [1.54, 1.807) is 18.2 Å². The van der Waals surface area contributed by atoms with Crippen LogP contribution in [0.25, 0.3) is 11.4 Å². The largest absolute Gasteiger partial charge is 0.494 e. The van der Waals surface area contributed by atoms with Gasteiger partial charge >= 0.3 is 0 Å². The minimum absolute atomic E-state index is 0.477. The Hall–Kier alpha value is -1.89. The molecule has 130 valence electrons. The Morgan fingerprint density at radius 3 is 2.72 bits per heavy atom. The van der Waals surface area contributed by atoms with E-state index in [9.17, 15) is 0 Å². The van der Waals surface area contributed by atoms with Crippen LogP contribution in [0.1, 0.15) is 12.5 Å². The van der Waals surface area contributed by atoms with Crippen molar-refractivity contribution in [3.05, 3.63) is 58.1 Å². The number of para-hydroxylation sites is 1. The maximum atomic E-state index is 6.23. The lowest BCUT2D eigenvalue weighted by Crippen LogP contribution is -2.11. The van der Waals surface area contributed by atoms with Crippen LogP contribution in [0.3, 0.4) is 0 Å². The number of nitrogens with two attached hydrogens (primary N) is 1. The standard InChI is InChI=1S/C17H16Cl2N4OS/c1-2-24-15-6-4-3-5-11(15)10-25-17-22-21-16(23(17)20)13-8-7-12(18)9-14(13)19/h3-9H,2,10,20H2,1H3. The normalized spacial score (nSPS) is 10.8. The summed E-state index contributed by atoms with van der Waals surface area (Å²) in [5.74, 6) is 8.17. The van der Waals surface area contributed by atoms with Crippen LogP contribution in [-0.2, 0) is 5.75 Å². The Labute approximate surface area is 160 Å². The number of nitrogen functional groups attached to an aromatic ring is 1. The minimum Gasteiger partial charge on any atom is -0.494 e. The van der Waals surface area contributed by atoms with Crippen LogP contribution in [0.5, 0.6) is 5.75 Å². The molecule has 0 aliphatic carbocycles. The monoisotopic (exact) mass is 394 g/mol. The number of aromatic nitrogens is 3. The second-order valence-electron chi connectivity index (χ2n) is 5.13. The van der Waals surface area contributed by atoms with Crippen molar-refractivity contribution in [1.29, 1.82) is 0 Å². The average molecular weight is 395 g/mol. The maximum Gasteiger partial charge on any atom is 0.210 e. The molecule has 0 saturated carbocycles. The van der Waals surface area contributed by atoms with Gasteiger partial charge in [-0.3, -0.25) is 0 Å². The Balaban J connectivity index is 1.80. The van der Waals surface area contributed by atoms with Crippen molar-refractivity contribution in [2.24, 2.45) is 0 Å². The number of nitrogens with zero attached hydrogens (tertiary/aromatic N) is 3. The lowest BCUT2D eigenvalue weighted by Gasteiger charge is -2.09. The molecule has 5 nitrogen and oxygen atoms in total. The Bertz CT molecular complexity index is 885. The molecule has 0 aliphatic rings. The molecule has 0 saturated heterocycles. The van der Waals surface area contributed by atoms with Gasteiger partial charge in [0.1, 0.15) is 5.75 Å². The molecule has 0 radical (unpaired) electrons. The molecule has 25 heavy (non-hydrogen) atoms. The molecule has 1 aromatic heterocycles. The molecule has 2 aromatic carbocycles. The van der Waals surface area contributed by atoms with Gasteiger partial charge in [-0.25, -0.2) is 4.68 Å². The lowest BCUT2D eigenvalue weighted by atomic mass is 10.2. The van der Waals surface area contributed by atoms with E-state index in [2.05, 4.69) is 10.2 Å². The second-order valence-corrected chi connectivity index (χ2v) is 6.92. The van der Waals surface area contributed by atoms with E-state index >= 15 is 0 Å². The number of hydrogen-bond donors (Lipinski definition) is 1. The Kier molecular flexibility index (Phi) is 5.73. The van der Waals surface area contributed by atoms with Crippen molar-refractivity contribution >= 4 is 35.0 Å². The molecule has 0 amide bonds. The van der Waals surface area contributed by atoms with E-state index in [4.69, 9.17) is 33.8 Å². The summed E-state index contributed by atoms with van der Waals surface area (Å²) in [7, 11) is 0. The van der Waals surface area contributed by atoms with Crippen LogP contribution in [0.4, 0.5) is 0 Å². The first-order valence-electron chi connectivity index (χ1n) is 7.59.